The number of rotatable bonds is 5. The Hall–Kier alpha value is -0.820. The minimum atomic E-state index is -4.36. The van der Waals surface area contributed by atoms with Gasteiger partial charge < -0.3 is 5.32 Å². The van der Waals surface area contributed by atoms with E-state index in [0.717, 1.165) is 6.42 Å². The second-order valence-corrected chi connectivity index (χ2v) is 3.50. The van der Waals surface area contributed by atoms with Gasteiger partial charge in [0, 0.05) is 13.0 Å². The first-order chi connectivity index (χ1) is 6.91. The molecule has 1 rings (SSSR count). The second kappa shape index (κ2) is 4.36. The molecule has 3 N–H and O–H groups in total. The number of nitrogens with one attached hydrogen (secondary N) is 3. The van der Waals surface area contributed by atoms with Crippen LogP contribution in [0, 0.1) is 0 Å². The van der Waals surface area contributed by atoms with Gasteiger partial charge in [-0.1, -0.05) is 6.92 Å². The number of alkyl halides is 3. The van der Waals surface area contributed by atoms with Gasteiger partial charge in [0.05, 0.1) is 0 Å². The second-order valence-electron chi connectivity index (χ2n) is 3.50. The van der Waals surface area contributed by atoms with Gasteiger partial charge in [-0.05, 0) is 12.8 Å². The van der Waals surface area contributed by atoms with Gasteiger partial charge in [0.15, 0.2) is 5.66 Å². The first-order valence-corrected chi connectivity index (χ1v) is 4.79. The van der Waals surface area contributed by atoms with Crippen molar-refractivity contribution in [2.45, 2.75) is 38.0 Å². The normalized spacial score (nSPS) is 18.7. The van der Waals surface area contributed by atoms with Crippen molar-refractivity contribution >= 4 is 5.91 Å². The third-order valence-corrected chi connectivity index (χ3v) is 2.21. The Morgan fingerprint density at radius 3 is 2.40 bits per heavy atom. The van der Waals surface area contributed by atoms with Crippen LogP contribution in [0.15, 0.2) is 0 Å². The third kappa shape index (κ3) is 3.07. The monoisotopic (exact) mass is 225 g/mol. The van der Waals surface area contributed by atoms with Gasteiger partial charge in [-0.3, -0.25) is 4.79 Å². The lowest BCUT2D eigenvalue weighted by Gasteiger charge is -2.15. The zero-order valence-corrected chi connectivity index (χ0v) is 8.37. The lowest BCUT2D eigenvalue weighted by molar-refractivity contribution is -0.165. The molecular formula is C8H14F3N3O. The van der Waals surface area contributed by atoms with Gasteiger partial charge in [0.1, 0.15) is 0 Å². The minimum Gasteiger partial charge on any atom is -0.356 e. The lowest BCUT2D eigenvalue weighted by Crippen LogP contribution is -2.39. The van der Waals surface area contributed by atoms with Gasteiger partial charge >= 0.3 is 6.18 Å². The molecule has 15 heavy (non-hydrogen) atoms. The predicted octanol–water partition coefficient (Wildman–Crippen LogP) is 0.659. The smallest absolute Gasteiger partial charge is 0.356 e. The average Bonchev–Trinajstić information content (AvgIpc) is 2.91. The highest BCUT2D eigenvalue weighted by atomic mass is 19.4. The molecule has 1 amide bonds. The summed E-state index contributed by atoms with van der Waals surface area (Å²) in [6, 6.07) is 0. The van der Waals surface area contributed by atoms with Crippen molar-refractivity contribution in [2.75, 3.05) is 6.54 Å². The molecule has 0 aromatic heterocycles. The maximum absolute atomic E-state index is 12.3. The fourth-order valence-corrected chi connectivity index (χ4v) is 1.14. The fraction of sp³-hybridized carbons (Fsp3) is 0.875. The summed E-state index contributed by atoms with van der Waals surface area (Å²) in [5.41, 5.74) is 2.04. The standard InChI is InChI=1S/C8H14F3N3O/c1-2-5-12-6(15)3-4-7(13-14-7)8(9,10)11/h13-14H,2-5H2,1H3,(H,12,15). The molecular weight excluding hydrogens is 211 g/mol. The number of carbonyl (C=O) groups is 1. The summed E-state index contributed by atoms with van der Waals surface area (Å²) in [6.45, 7) is 2.38. The van der Waals surface area contributed by atoms with Crippen molar-refractivity contribution in [3.63, 3.8) is 0 Å². The summed E-state index contributed by atoms with van der Waals surface area (Å²) in [7, 11) is 0. The van der Waals surface area contributed by atoms with Crippen molar-refractivity contribution in [1.82, 2.24) is 16.2 Å². The Kier molecular flexibility index (Phi) is 3.56. The van der Waals surface area contributed by atoms with Crippen LogP contribution in [0.3, 0.4) is 0 Å². The number of amides is 1. The van der Waals surface area contributed by atoms with Gasteiger partial charge in [-0.15, -0.1) is 0 Å². The number of hydrazine groups is 1. The maximum atomic E-state index is 12.3. The predicted molar refractivity (Wildman–Crippen MR) is 47.6 cm³/mol. The SMILES string of the molecule is CCCNC(=O)CCC1(C(F)(F)F)NN1. The molecule has 0 aliphatic carbocycles. The van der Waals surface area contributed by atoms with Gasteiger partial charge in [0.2, 0.25) is 5.91 Å². The van der Waals surface area contributed by atoms with E-state index < -0.39 is 11.8 Å². The number of halogens is 3. The van der Waals surface area contributed by atoms with Crippen LogP contribution in [0.5, 0.6) is 0 Å². The average molecular weight is 225 g/mol. The third-order valence-electron chi connectivity index (χ3n) is 2.21. The molecule has 1 aliphatic heterocycles. The maximum Gasteiger partial charge on any atom is 0.422 e. The quantitative estimate of drug-likeness (QED) is 0.602. The molecule has 1 aliphatic rings. The van der Waals surface area contributed by atoms with Crippen molar-refractivity contribution < 1.29 is 18.0 Å². The van der Waals surface area contributed by atoms with E-state index >= 15 is 0 Å². The Labute approximate surface area is 85.6 Å². The van der Waals surface area contributed by atoms with Crippen LogP contribution in [0.2, 0.25) is 0 Å². The Balaban J connectivity index is 2.28. The van der Waals surface area contributed by atoms with Gasteiger partial charge in [-0.25, -0.2) is 10.9 Å². The summed E-state index contributed by atoms with van der Waals surface area (Å²) in [6.07, 6.45) is -4.02. The lowest BCUT2D eigenvalue weighted by atomic mass is 10.1. The van der Waals surface area contributed by atoms with Crippen LogP contribution in [0.4, 0.5) is 13.2 Å². The summed E-state index contributed by atoms with van der Waals surface area (Å²) in [4.78, 5) is 11.1. The molecule has 0 radical (unpaired) electrons. The Morgan fingerprint density at radius 2 is 2.00 bits per heavy atom. The molecule has 4 nitrogen and oxygen atoms in total. The number of hydrogen-bond acceptors (Lipinski definition) is 3. The highest BCUT2D eigenvalue weighted by Gasteiger charge is 2.63. The van der Waals surface area contributed by atoms with Gasteiger partial charge in [-0.2, -0.15) is 13.2 Å². The molecule has 0 atom stereocenters. The highest BCUT2D eigenvalue weighted by molar-refractivity contribution is 5.75. The van der Waals surface area contributed by atoms with Crippen molar-refractivity contribution in [2.24, 2.45) is 0 Å². The first kappa shape index (κ1) is 12.3. The van der Waals surface area contributed by atoms with E-state index in [0.29, 0.717) is 6.54 Å². The molecule has 7 heteroatoms. The Morgan fingerprint density at radius 1 is 1.40 bits per heavy atom. The topological polar surface area (TPSA) is 73.0 Å². The van der Waals surface area contributed by atoms with E-state index in [4.69, 9.17) is 0 Å². The summed E-state index contributed by atoms with van der Waals surface area (Å²) < 4.78 is 37.0. The number of carbonyl (C=O) groups excluding carboxylic acids is 1. The molecule has 0 bridgehead atoms. The summed E-state index contributed by atoms with van der Waals surface area (Å²) in [5.74, 6) is -0.351. The minimum absolute atomic E-state index is 0.139. The molecule has 0 spiro atoms. The van der Waals surface area contributed by atoms with E-state index in [2.05, 4.69) is 5.32 Å². The van der Waals surface area contributed by atoms with E-state index in [1.54, 1.807) is 0 Å². The number of hydrogen-bond donors (Lipinski definition) is 3. The molecule has 0 aromatic rings. The van der Waals surface area contributed by atoms with E-state index in [1.165, 1.54) is 0 Å². The largest absolute Gasteiger partial charge is 0.422 e. The zero-order chi connectivity index (χ0) is 11.5. The fourth-order valence-electron chi connectivity index (χ4n) is 1.14. The van der Waals surface area contributed by atoms with Crippen molar-refractivity contribution in [1.29, 1.82) is 0 Å². The van der Waals surface area contributed by atoms with Crippen LogP contribution in [-0.4, -0.2) is 24.3 Å². The first-order valence-electron chi connectivity index (χ1n) is 4.79. The van der Waals surface area contributed by atoms with Crippen molar-refractivity contribution in [3.05, 3.63) is 0 Å². The Bertz CT molecular complexity index is 238. The molecule has 1 fully saturated rings. The van der Waals surface area contributed by atoms with Crippen LogP contribution < -0.4 is 16.2 Å². The van der Waals surface area contributed by atoms with Crippen LogP contribution in [-0.2, 0) is 4.79 Å². The molecule has 88 valence electrons. The summed E-state index contributed by atoms with van der Waals surface area (Å²) >= 11 is 0. The van der Waals surface area contributed by atoms with Crippen LogP contribution >= 0.6 is 0 Å². The summed E-state index contributed by atoms with van der Waals surface area (Å²) in [5, 5.41) is 2.52. The molecule has 0 unspecified atom stereocenters. The highest BCUT2D eigenvalue weighted by Crippen LogP contribution is 2.36. The zero-order valence-electron chi connectivity index (χ0n) is 8.37. The van der Waals surface area contributed by atoms with Crippen LogP contribution in [0.1, 0.15) is 26.2 Å². The molecule has 0 saturated carbocycles. The molecule has 1 saturated heterocycles. The van der Waals surface area contributed by atoms with E-state index in [9.17, 15) is 18.0 Å². The molecule has 1 heterocycles. The molecule has 0 aromatic carbocycles. The van der Waals surface area contributed by atoms with E-state index in [-0.39, 0.29) is 18.7 Å². The van der Waals surface area contributed by atoms with Gasteiger partial charge in [0.25, 0.3) is 0 Å². The van der Waals surface area contributed by atoms with Crippen LogP contribution in [0.25, 0.3) is 0 Å². The van der Waals surface area contributed by atoms with Crippen molar-refractivity contribution in [3.8, 4) is 0 Å². The van der Waals surface area contributed by atoms with E-state index in [1.807, 2.05) is 17.8 Å².